The van der Waals surface area contributed by atoms with Crippen molar-refractivity contribution < 1.29 is 19.6 Å². The molecule has 25 heavy (non-hydrogen) atoms. The van der Waals surface area contributed by atoms with Gasteiger partial charge in [0.05, 0.1) is 16.4 Å². The van der Waals surface area contributed by atoms with Crippen LogP contribution >= 0.6 is 0 Å². The molecule has 2 atom stereocenters. The van der Waals surface area contributed by atoms with Crippen LogP contribution in [0.2, 0.25) is 0 Å². The summed E-state index contributed by atoms with van der Waals surface area (Å²) in [6, 6.07) is 4.93. The zero-order chi connectivity index (χ0) is 18.3. The van der Waals surface area contributed by atoms with Crippen LogP contribution < -0.4 is 5.56 Å². The molecule has 0 bridgehead atoms. The van der Waals surface area contributed by atoms with Gasteiger partial charge in [0.2, 0.25) is 5.56 Å². The standard InChI is InChI=1S/C16H15N3O6/c1-8-6-18(7-12(8)16(22)23)15(21)11-5-14(20)17-13-3-2-9(19(24)25)4-10(11)13/h2-5,8,12H,6-7H2,1H3,(H,17,20)(H,22,23)/t8-,12-/m1/s1. The third-order valence-electron chi connectivity index (χ3n) is 4.48. The van der Waals surface area contributed by atoms with E-state index in [1.165, 1.54) is 23.1 Å². The van der Waals surface area contributed by atoms with Crippen LogP contribution in [0, 0.1) is 22.0 Å². The van der Waals surface area contributed by atoms with E-state index in [1.807, 2.05) is 0 Å². The summed E-state index contributed by atoms with van der Waals surface area (Å²) in [4.78, 5) is 50.2. The Morgan fingerprint density at radius 2 is 2.04 bits per heavy atom. The van der Waals surface area contributed by atoms with Crippen molar-refractivity contribution >= 4 is 28.5 Å². The maximum Gasteiger partial charge on any atom is 0.308 e. The van der Waals surface area contributed by atoms with E-state index in [0.717, 1.165) is 6.07 Å². The molecule has 0 saturated carbocycles. The average Bonchev–Trinajstić information content (AvgIpc) is 2.95. The molecule has 0 unspecified atom stereocenters. The van der Waals surface area contributed by atoms with E-state index in [4.69, 9.17) is 0 Å². The highest BCUT2D eigenvalue weighted by Gasteiger charge is 2.37. The van der Waals surface area contributed by atoms with Gasteiger partial charge in [-0.25, -0.2) is 0 Å². The number of fused-ring (bicyclic) bond motifs is 1. The second kappa shape index (κ2) is 6.00. The molecule has 9 nitrogen and oxygen atoms in total. The molecule has 130 valence electrons. The van der Waals surface area contributed by atoms with Crippen molar-refractivity contribution in [3.63, 3.8) is 0 Å². The summed E-state index contributed by atoms with van der Waals surface area (Å²) in [5.41, 5.74) is -0.372. The fourth-order valence-corrected chi connectivity index (χ4v) is 3.16. The number of non-ortho nitro benzene ring substituents is 1. The van der Waals surface area contributed by atoms with Crippen LogP contribution in [-0.2, 0) is 4.79 Å². The van der Waals surface area contributed by atoms with E-state index in [1.54, 1.807) is 6.92 Å². The van der Waals surface area contributed by atoms with Crippen LogP contribution in [0.1, 0.15) is 17.3 Å². The Kier molecular flexibility index (Phi) is 3.99. The number of rotatable bonds is 3. The topological polar surface area (TPSA) is 134 Å². The summed E-state index contributed by atoms with van der Waals surface area (Å²) >= 11 is 0. The summed E-state index contributed by atoms with van der Waals surface area (Å²) in [6.07, 6.45) is 0. The van der Waals surface area contributed by atoms with Crippen molar-refractivity contribution in [1.82, 2.24) is 9.88 Å². The fraction of sp³-hybridized carbons (Fsp3) is 0.312. The lowest BCUT2D eigenvalue weighted by Gasteiger charge is -2.17. The number of carboxylic acids is 1. The minimum absolute atomic E-state index is 0.0284. The van der Waals surface area contributed by atoms with Crippen LogP contribution in [0.25, 0.3) is 10.9 Å². The number of aliphatic carboxylic acids is 1. The summed E-state index contributed by atoms with van der Waals surface area (Å²) in [5, 5.41) is 20.4. The Morgan fingerprint density at radius 1 is 1.32 bits per heavy atom. The van der Waals surface area contributed by atoms with Gasteiger partial charge in [-0.3, -0.25) is 24.5 Å². The highest BCUT2D eigenvalue weighted by molar-refractivity contribution is 6.06. The first-order valence-corrected chi connectivity index (χ1v) is 7.61. The average molecular weight is 345 g/mol. The predicted octanol–water partition coefficient (Wildman–Crippen LogP) is 1.23. The van der Waals surface area contributed by atoms with Crippen LogP contribution in [0.3, 0.4) is 0 Å². The highest BCUT2D eigenvalue weighted by Crippen LogP contribution is 2.27. The summed E-state index contributed by atoms with van der Waals surface area (Å²) in [5.74, 6) is -2.38. The lowest BCUT2D eigenvalue weighted by Crippen LogP contribution is -2.31. The molecule has 1 aromatic carbocycles. The third kappa shape index (κ3) is 2.95. The number of aromatic nitrogens is 1. The summed E-state index contributed by atoms with van der Waals surface area (Å²) < 4.78 is 0. The van der Waals surface area contributed by atoms with Gasteiger partial charge in [-0.1, -0.05) is 6.92 Å². The number of nitrogens with zero attached hydrogens (tertiary/aromatic N) is 2. The predicted molar refractivity (Wildman–Crippen MR) is 87.4 cm³/mol. The number of aromatic amines is 1. The van der Waals surface area contributed by atoms with Crippen molar-refractivity contribution in [3.8, 4) is 0 Å². The van der Waals surface area contributed by atoms with Crippen molar-refractivity contribution in [2.24, 2.45) is 11.8 Å². The summed E-state index contributed by atoms with van der Waals surface area (Å²) in [7, 11) is 0. The number of H-pyrrole nitrogens is 1. The zero-order valence-electron chi connectivity index (χ0n) is 13.3. The van der Waals surface area contributed by atoms with E-state index in [9.17, 15) is 29.6 Å². The number of amides is 1. The SMILES string of the molecule is C[C@@H]1CN(C(=O)c2cc(=O)[nH]c3ccc([N+](=O)[O-])cc23)C[C@H]1C(=O)O. The van der Waals surface area contributed by atoms with Crippen LogP contribution in [0.15, 0.2) is 29.1 Å². The van der Waals surface area contributed by atoms with Gasteiger partial charge in [0.15, 0.2) is 0 Å². The molecule has 3 rings (SSSR count). The van der Waals surface area contributed by atoms with Crippen molar-refractivity contribution in [2.45, 2.75) is 6.92 Å². The number of likely N-dealkylation sites (tertiary alicyclic amines) is 1. The maximum atomic E-state index is 12.8. The van der Waals surface area contributed by atoms with Crippen LogP contribution in [-0.4, -0.2) is 44.9 Å². The molecule has 1 aromatic heterocycles. The monoisotopic (exact) mass is 345 g/mol. The van der Waals surface area contributed by atoms with E-state index in [2.05, 4.69) is 4.98 Å². The first-order valence-electron chi connectivity index (χ1n) is 7.61. The molecule has 1 saturated heterocycles. The lowest BCUT2D eigenvalue weighted by molar-refractivity contribution is -0.384. The van der Waals surface area contributed by atoms with E-state index in [0.29, 0.717) is 5.52 Å². The van der Waals surface area contributed by atoms with E-state index >= 15 is 0 Å². The number of hydrogen-bond acceptors (Lipinski definition) is 5. The number of carbonyl (C=O) groups is 2. The molecule has 9 heteroatoms. The normalized spacial score (nSPS) is 20.0. The summed E-state index contributed by atoms with van der Waals surface area (Å²) in [6.45, 7) is 2.03. The molecule has 1 aliphatic heterocycles. The molecular weight excluding hydrogens is 330 g/mol. The molecule has 2 N–H and O–H groups in total. The zero-order valence-corrected chi connectivity index (χ0v) is 13.3. The minimum Gasteiger partial charge on any atom is -0.481 e. The molecule has 0 radical (unpaired) electrons. The Labute approximate surface area is 141 Å². The number of benzene rings is 1. The van der Waals surface area contributed by atoms with Gasteiger partial charge >= 0.3 is 5.97 Å². The van der Waals surface area contributed by atoms with Crippen LogP contribution in [0.5, 0.6) is 0 Å². The minimum atomic E-state index is -0.978. The number of carbonyl (C=O) groups excluding carboxylic acids is 1. The third-order valence-corrected chi connectivity index (χ3v) is 4.48. The van der Waals surface area contributed by atoms with Gasteiger partial charge < -0.3 is 15.0 Å². The number of nitro groups is 1. The molecule has 0 aliphatic carbocycles. The maximum absolute atomic E-state index is 12.8. The Morgan fingerprint density at radius 3 is 2.64 bits per heavy atom. The van der Waals surface area contributed by atoms with Crippen molar-refractivity contribution in [3.05, 3.63) is 50.3 Å². The Balaban J connectivity index is 2.07. The largest absolute Gasteiger partial charge is 0.481 e. The van der Waals surface area contributed by atoms with Gasteiger partial charge in [-0.05, 0) is 12.0 Å². The number of hydrogen-bond donors (Lipinski definition) is 2. The smallest absolute Gasteiger partial charge is 0.308 e. The van der Waals surface area contributed by atoms with E-state index < -0.39 is 28.3 Å². The van der Waals surface area contributed by atoms with Crippen molar-refractivity contribution in [1.29, 1.82) is 0 Å². The molecule has 1 amide bonds. The van der Waals surface area contributed by atoms with Gasteiger partial charge in [0.1, 0.15) is 0 Å². The van der Waals surface area contributed by atoms with Gasteiger partial charge in [-0.2, -0.15) is 0 Å². The number of pyridine rings is 1. The number of nitrogens with one attached hydrogen (secondary N) is 1. The highest BCUT2D eigenvalue weighted by atomic mass is 16.6. The number of carboxylic acid groups (broad SMARTS) is 1. The van der Waals surface area contributed by atoms with Crippen molar-refractivity contribution in [2.75, 3.05) is 13.1 Å². The Hall–Kier alpha value is -3.23. The van der Waals surface area contributed by atoms with Gasteiger partial charge in [-0.15, -0.1) is 0 Å². The molecular formula is C16H15N3O6. The molecule has 1 fully saturated rings. The number of nitro benzene ring substituents is 1. The van der Waals surface area contributed by atoms with Crippen LogP contribution in [0.4, 0.5) is 5.69 Å². The second-order valence-electron chi connectivity index (χ2n) is 6.17. The van der Waals surface area contributed by atoms with E-state index in [-0.39, 0.29) is 35.6 Å². The molecule has 0 spiro atoms. The first kappa shape index (κ1) is 16.6. The van der Waals surface area contributed by atoms with Gasteiger partial charge in [0.25, 0.3) is 11.6 Å². The first-order chi connectivity index (χ1) is 11.8. The molecule has 2 heterocycles. The van der Waals surface area contributed by atoms with Gasteiger partial charge in [0, 0.05) is 42.2 Å². The fourth-order valence-electron chi connectivity index (χ4n) is 3.16. The second-order valence-corrected chi connectivity index (χ2v) is 6.17. The quantitative estimate of drug-likeness (QED) is 0.635. The molecule has 2 aromatic rings. The molecule has 1 aliphatic rings. The Bertz CT molecular complexity index is 951. The lowest BCUT2D eigenvalue weighted by atomic mass is 9.99.